The van der Waals surface area contributed by atoms with Gasteiger partial charge in [0, 0.05) is 11.4 Å². The Kier molecular flexibility index (Phi) is 6.02. The van der Waals surface area contributed by atoms with Crippen LogP contribution in [0.4, 0.5) is 18.9 Å². The topological polar surface area (TPSA) is 100 Å². The zero-order valence-electron chi connectivity index (χ0n) is 20.0. The number of amides is 1. The van der Waals surface area contributed by atoms with Crippen LogP contribution in [0.15, 0.2) is 59.4 Å². The quantitative estimate of drug-likeness (QED) is 0.379. The number of para-hydroxylation sites is 1. The lowest BCUT2D eigenvalue weighted by Gasteiger charge is -2.11. The smallest absolute Gasteiger partial charge is 0.325 e. The van der Waals surface area contributed by atoms with Gasteiger partial charge in [-0.05, 0) is 54.8 Å². The molecule has 5 rings (SSSR count). The maximum absolute atomic E-state index is 13.4. The highest BCUT2D eigenvalue weighted by Gasteiger charge is 2.30. The molecule has 0 saturated heterocycles. The highest BCUT2D eigenvalue weighted by Crippen LogP contribution is 2.30. The van der Waals surface area contributed by atoms with E-state index in [2.05, 4.69) is 20.5 Å². The first-order valence-corrected chi connectivity index (χ1v) is 11.5. The van der Waals surface area contributed by atoms with E-state index in [1.807, 2.05) is 24.6 Å². The molecule has 12 heteroatoms. The van der Waals surface area contributed by atoms with Crippen LogP contribution in [0.3, 0.4) is 0 Å². The van der Waals surface area contributed by atoms with Crippen molar-refractivity contribution in [2.75, 3.05) is 5.32 Å². The molecule has 0 bridgehead atoms. The molecule has 1 amide bonds. The molecule has 37 heavy (non-hydrogen) atoms. The van der Waals surface area contributed by atoms with Crippen molar-refractivity contribution in [1.82, 2.24) is 24.0 Å². The summed E-state index contributed by atoms with van der Waals surface area (Å²) in [6.45, 7) is 4.03. The largest absolute Gasteiger partial charge is 0.424 e. The van der Waals surface area contributed by atoms with E-state index in [0.29, 0.717) is 35.3 Å². The summed E-state index contributed by atoms with van der Waals surface area (Å²) in [5.41, 5.74) is 1.45. The first-order chi connectivity index (χ1) is 17.6. The Balaban J connectivity index is 1.46. The van der Waals surface area contributed by atoms with E-state index in [4.69, 9.17) is 0 Å². The van der Waals surface area contributed by atoms with E-state index in [1.165, 1.54) is 21.2 Å². The van der Waals surface area contributed by atoms with Gasteiger partial charge in [-0.15, -0.1) is 0 Å². The highest BCUT2D eigenvalue weighted by molar-refractivity contribution is 5.93. The number of benzene rings is 2. The van der Waals surface area contributed by atoms with E-state index in [0.717, 1.165) is 23.5 Å². The van der Waals surface area contributed by atoms with Crippen LogP contribution in [0.25, 0.3) is 16.6 Å². The van der Waals surface area contributed by atoms with Gasteiger partial charge in [0.05, 0.1) is 40.2 Å². The Hall–Kier alpha value is -4.48. The summed E-state index contributed by atoms with van der Waals surface area (Å²) < 4.78 is 43.4. The molecule has 9 nitrogen and oxygen atoms in total. The summed E-state index contributed by atoms with van der Waals surface area (Å²) in [5.74, 6) is -0.0761. The normalized spacial score (nSPS) is 11.9. The number of aromatic amines is 1. The van der Waals surface area contributed by atoms with Crippen molar-refractivity contribution in [2.24, 2.45) is 0 Å². The Morgan fingerprint density at radius 2 is 1.84 bits per heavy atom. The number of H-pyrrole nitrogens is 1. The van der Waals surface area contributed by atoms with Gasteiger partial charge in [0.2, 0.25) is 5.91 Å². The number of hydrogen-bond acceptors (Lipinski definition) is 4. The lowest BCUT2D eigenvalue weighted by molar-refractivity contribution is -0.358. The molecule has 2 N–H and O–H groups in total. The number of fused-ring (bicyclic) bond motifs is 3. The molecule has 0 aliphatic carbocycles. The fourth-order valence-electron chi connectivity index (χ4n) is 4.33. The van der Waals surface area contributed by atoms with Crippen LogP contribution in [-0.4, -0.2) is 29.9 Å². The van der Waals surface area contributed by atoms with Gasteiger partial charge in [-0.3, -0.25) is 14.0 Å². The summed E-state index contributed by atoms with van der Waals surface area (Å²) in [7, 11) is 0. The van der Waals surface area contributed by atoms with Crippen LogP contribution in [0.1, 0.15) is 22.8 Å². The van der Waals surface area contributed by atoms with E-state index in [-0.39, 0.29) is 5.69 Å². The lowest BCUT2D eigenvalue weighted by atomic mass is 10.2. The van der Waals surface area contributed by atoms with Crippen molar-refractivity contribution in [3.8, 4) is 0 Å². The van der Waals surface area contributed by atoms with Crippen molar-refractivity contribution in [3.05, 3.63) is 87.9 Å². The van der Waals surface area contributed by atoms with E-state index in [1.54, 1.807) is 24.3 Å². The van der Waals surface area contributed by atoms with E-state index in [9.17, 15) is 22.8 Å². The van der Waals surface area contributed by atoms with Gasteiger partial charge >= 0.3 is 11.9 Å². The van der Waals surface area contributed by atoms with Gasteiger partial charge in [0.1, 0.15) is 6.54 Å². The number of rotatable bonds is 6. The number of carbonyl (C=O) groups excluding carboxylic acids is 1. The highest BCUT2D eigenvalue weighted by atomic mass is 19.4. The minimum absolute atomic E-state index is 0.0166. The minimum atomic E-state index is -4.54. The molecule has 2 aromatic carbocycles. The predicted molar refractivity (Wildman–Crippen MR) is 129 cm³/mol. The fraction of sp³-hybridized carbons (Fsp3) is 0.240. The number of hydrogen-bond donors (Lipinski definition) is 1. The Bertz CT molecular complexity index is 1700. The number of halogens is 3. The predicted octanol–water partition coefficient (Wildman–Crippen LogP) is 3.18. The number of nitrogens with zero attached hydrogens (tertiary/aromatic N) is 5. The second-order valence-corrected chi connectivity index (χ2v) is 8.74. The SMILES string of the molecule is Cc1cc(C)n(CCc2nn3c(=O)n(CC(=O)Nc4cccc(C(F)(F)F)c4)c4ccccc4c3[nH+]2)n1. The summed E-state index contributed by atoms with van der Waals surface area (Å²) in [5, 5.41) is 12.0. The zero-order valence-corrected chi connectivity index (χ0v) is 20.0. The average molecular weight is 511 g/mol. The van der Waals surface area contributed by atoms with Gasteiger partial charge in [0.15, 0.2) is 0 Å². The van der Waals surface area contributed by atoms with Crippen LogP contribution in [0, 0.1) is 13.8 Å². The number of anilines is 1. The third-order valence-electron chi connectivity index (χ3n) is 6.00. The number of nitrogens with one attached hydrogen (secondary N) is 2. The van der Waals surface area contributed by atoms with Crippen molar-refractivity contribution in [1.29, 1.82) is 0 Å². The van der Waals surface area contributed by atoms with Crippen molar-refractivity contribution < 1.29 is 22.9 Å². The van der Waals surface area contributed by atoms with Crippen LogP contribution in [0.5, 0.6) is 0 Å². The Morgan fingerprint density at radius 1 is 1.05 bits per heavy atom. The van der Waals surface area contributed by atoms with Gasteiger partial charge in [0.25, 0.3) is 11.5 Å². The molecule has 0 aliphatic heterocycles. The van der Waals surface area contributed by atoms with Gasteiger partial charge in [-0.1, -0.05) is 18.2 Å². The number of alkyl halides is 3. The maximum atomic E-state index is 13.4. The molecule has 190 valence electrons. The van der Waals surface area contributed by atoms with Crippen molar-refractivity contribution in [3.63, 3.8) is 0 Å². The van der Waals surface area contributed by atoms with Gasteiger partial charge in [-0.25, -0.2) is 9.78 Å². The third kappa shape index (κ3) is 4.82. The van der Waals surface area contributed by atoms with Gasteiger partial charge < -0.3 is 5.32 Å². The van der Waals surface area contributed by atoms with Crippen molar-refractivity contribution >= 4 is 28.1 Å². The zero-order chi connectivity index (χ0) is 26.3. The minimum Gasteiger partial charge on any atom is -0.325 e. The average Bonchev–Trinajstić information content (AvgIpc) is 3.42. The first kappa shape index (κ1) is 24.2. The van der Waals surface area contributed by atoms with Crippen LogP contribution >= 0.6 is 0 Å². The second-order valence-electron chi connectivity index (χ2n) is 8.74. The van der Waals surface area contributed by atoms with Crippen LogP contribution < -0.4 is 16.0 Å². The van der Waals surface area contributed by atoms with Crippen molar-refractivity contribution in [2.45, 2.75) is 39.5 Å². The molecule has 0 aliphatic rings. The molecular weight excluding hydrogens is 487 g/mol. The Labute approximate surface area is 208 Å². The van der Waals surface area contributed by atoms with E-state index >= 15 is 0 Å². The summed E-state index contributed by atoms with van der Waals surface area (Å²) >= 11 is 0. The summed E-state index contributed by atoms with van der Waals surface area (Å²) in [6, 6.07) is 13.3. The number of aromatic nitrogens is 6. The monoisotopic (exact) mass is 510 g/mol. The van der Waals surface area contributed by atoms with Crippen LogP contribution in [0.2, 0.25) is 0 Å². The molecule has 3 heterocycles. The molecule has 0 saturated carbocycles. The Morgan fingerprint density at radius 3 is 2.57 bits per heavy atom. The maximum Gasteiger partial charge on any atom is 0.424 e. The summed E-state index contributed by atoms with van der Waals surface area (Å²) in [4.78, 5) is 29.3. The molecule has 0 fully saturated rings. The summed E-state index contributed by atoms with van der Waals surface area (Å²) in [6.07, 6.45) is -4.05. The third-order valence-corrected chi connectivity index (χ3v) is 6.00. The first-order valence-electron chi connectivity index (χ1n) is 11.5. The molecule has 0 unspecified atom stereocenters. The molecule has 0 spiro atoms. The molecule has 0 atom stereocenters. The van der Waals surface area contributed by atoms with E-state index < -0.39 is 29.9 Å². The van der Waals surface area contributed by atoms with Gasteiger partial charge in [-0.2, -0.15) is 18.3 Å². The fourth-order valence-corrected chi connectivity index (χ4v) is 4.33. The molecule has 0 radical (unpaired) electrons. The van der Waals surface area contributed by atoms with Crippen LogP contribution in [-0.2, 0) is 30.5 Å². The number of aryl methyl sites for hydroxylation is 4. The molecule has 5 aromatic rings. The number of carbonyl (C=O) groups is 1. The molecule has 3 aromatic heterocycles. The standard InChI is InChI=1S/C25H22F3N7O2/c1-15-12-16(2)34(31-15)11-10-21-30-23-19-8-3-4-9-20(19)33(24(37)35(23)32-21)14-22(36)29-18-7-5-6-17(13-18)25(26,27)28/h3-9,12-13H,10-11,14H2,1-2H3,(H,29,36)/p+1. The lowest BCUT2D eigenvalue weighted by Crippen LogP contribution is -2.33. The second kappa shape index (κ2) is 9.19. The molecular formula is C25H23F3N7O2+.